The molecule has 0 spiro atoms. The summed E-state index contributed by atoms with van der Waals surface area (Å²) in [6.45, 7) is 4.00. The molecule has 0 fully saturated rings. The first kappa shape index (κ1) is 13.7. The second kappa shape index (κ2) is 5.91. The highest BCUT2D eigenvalue weighted by Crippen LogP contribution is 2.28. The number of benzene rings is 1. The highest BCUT2D eigenvalue weighted by molar-refractivity contribution is 5.82. The summed E-state index contributed by atoms with van der Waals surface area (Å²) in [5, 5.41) is 1.06. The first-order valence-corrected chi connectivity index (χ1v) is 6.92. The maximum atomic E-state index is 11.9. The molecule has 1 aliphatic carbocycles. The monoisotopic (exact) mass is 260 g/mol. The lowest BCUT2D eigenvalue weighted by Crippen LogP contribution is -2.15. The lowest BCUT2D eigenvalue weighted by atomic mass is 9.91. The number of ether oxygens (including phenoxy) is 1. The quantitative estimate of drug-likeness (QED) is 0.734. The summed E-state index contributed by atoms with van der Waals surface area (Å²) < 4.78 is 10.5. The van der Waals surface area contributed by atoms with Gasteiger partial charge in [-0.25, -0.2) is 4.79 Å². The Morgan fingerprint density at radius 3 is 2.47 bits per heavy atom. The molecule has 3 rings (SSSR count). The zero-order valence-electron chi connectivity index (χ0n) is 11.8. The summed E-state index contributed by atoms with van der Waals surface area (Å²) in [6.07, 6.45) is 4.06. The van der Waals surface area contributed by atoms with Crippen LogP contribution in [0.2, 0.25) is 0 Å². The third-order valence-corrected chi connectivity index (χ3v) is 3.43. The SMILES string of the molecule is CC.COc1ccc2c3c(c(=O)oc2c1)CCCC3. The highest BCUT2D eigenvalue weighted by atomic mass is 16.5. The Morgan fingerprint density at radius 2 is 1.79 bits per heavy atom. The van der Waals surface area contributed by atoms with Crippen LogP contribution in [0.5, 0.6) is 5.75 Å². The first-order chi connectivity index (χ1) is 9.29. The zero-order valence-corrected chi connectivity index (χ0v) is 11.8. The minimum Gasteiger partial charge on any atom is -0.497 e. The number of hydrogen-bond acceptors (Lipinski definition) is 3. The van der Waals surface area contributed by atoms with Crippen molar-refractivity contribution in [1.29, 1.82) is 0 Å². The number of fused-ring (bicyclic) bond motifs is 3. The second-order valence-electron chi connectivity index (χ2n) is 4.42. The van der Waals surface area contributed by atoms with Crippen LogP contribution in [0.25, 0.3) is 11.0 Å². The Hall–Kier alpha value is -1.77. The normalized spacial score (nSPS) is 13.4. The third-order valence-electron chi connectivity index (χ3n) is 3.43. The molecule has 1 aromatic heterocycles. The fourth-order valence-corrected chi connectivity index (χ4v) is 2.55. The molecular formula is C16H20O3. The Bertz CT molecular complexity index is 626. The molecule has 2 aromatic rings. The number of rotatable bonds is 1. The minimum absolute atomic E-state index is 0.180. The third kappa shape index (κ3) is 2.50. The summed E-state index contributed by atoms with van der Waals surface area (Å²) in [5.74, 6) is 0.719. The van der Waals surface area contributed by atoms with E-state index >= 15 is 0 Å². The van der Waals surface area contributed by atoms with Gasteiger partial charge in [0, 0.05) is 17.0 Å². The van der Waals surface area contributed by atoms with Gasteiger partial charge in [0.2, 0.25) is 0 Å². The average Bonchev–Trinajstić information content (AvgIpc) is 2.49. The van der Waals surface area contributed by atoms with Crippen LogP contribution >= 0.6 is 0 Å². The van der Waals surface area contributed by atoms with E-state index in [1.165, 1.54) is 5.56 Å². The summed E-state index contributed by atoms with van der Waals surface area (Å²) in [7, 11) is 1.61. The predicted molar refractivity (Wildman–Crippen MR) is 77.0 cm³/mol. The number of aryl methyl sites for hydroxylation is 1. The van der Waals surface area contributed by atoms with Crippen molar-refractivity contribution < 1.29 is 9.15 Å². The van der Waals surface area contributed by atoms with Crippen molar-refractivity contribution in [1.82, 2.24) is 0 Å². The molecule has 0 saturated carbocycles. The van der Waals surface area contributed by atoms with Crippen LogP contribution in [-0.2, 0) is 12.8 Å². The van der Waals surface area contributed by atoms with E-state index in [4.69, 9.17) is 9.15 Å². The molecule has 1 heterocycles. The predicted octanol–water partition coefficient (Wildman–Crippen LogP) is 3.71. The van der Waals surface area contributed by atoms with Gasteiger partial charge in [0.05, 0.1) is 7.11 Å². The molecule has 0 saturated heterocycles. The van der Waals surface area contributed by atoms with Gasteiger partial charge in [0.15, 0.2) is 0 Å². The summed E-state index contributed by atoms with van der Waals surface area (Å²) in [5.41, 5.74) is 2.49. The first-order valence-electron chi connectivity index (χ1n) is 6.92. The van der Waals surface area contributed by atoms with E-state index in [-0.39, 0.29) is 5.63 Å². The van der Waals surface area contributed by atoms with Gasteiger partial charge in [0.1, 0.15) is 11.3 Å². The molecule has 0 radical (unpaired) electrons. The molecule has 0 amide bonds. The van der Waals surface area contributed by atoms with Gasteiger partial charge in [-0.2, -0.15) is 0 Å². The van der Waals surface area contributed by atoms with E-state index in [1.807, 2.05) is 26.0 Å². The molecule has 0 unspecified atom stereocenters. The number of hydrogen-bond donors (Lipinski definition) is 0. The fraction of sp³-hybridized carbons (Fsp3) is 0.438. The van der Waals surface area contributed by atoms with Gasteiger partial charge in [-0.1, -0.05) is 13.8 Å². The van der Waals surface area contributed by atoms with Crippen molar-refractivity contribution in [3.63, 3.8) is 0 Å². The van der Waals surface area contributed by atoms with E-state index in [2.05, 4.69) is 0 Å². The van der Waals surface area contributed by atoms with Crippen LogP contribution in [0.1, 0.15) is 37.8 Å². The van der Waals surface area contributed by atoms with Gasteiger partial charge in [-0.3, -0.25) is 0 Å². The van der Waals surface area contributed by atoms with Crippen LogP contribution in [0.3, 0.4) is 0 Å². The molecule has 0 atom stereocenters. The van der Waals surface area contributed by atoms with Crippen molar-refractivity contribution in [3.05, 3.63) is 39.7 Å². The molecular weight excluding hydrogens is 240 g/mol. The zero-order chi connectivity index (χ0) is 13.8. The molecule has 3 heteroatoms. The second-order valence-corrected chi connectivity index (χ2v) is 4.42. The lowest BCUT2D eigenvalue weighted by molar-refractivity contribution is 0.414. The largest absolute Gasteiger partial charge is 0.497 e. The molecule has 3 nitrogen and oxygen atoms in total. The van der Waals surface area contributed by atoms with E-state index in [0.717, 1.165) is 42.4 Å². The Kier molecular flexibility index (Phi) is 4.25. The van der Waals surface area contributed by atoms with Crippen molar-refractivity contribution in [2.45, 2.75) is 39.5 Å². The van der Waals surface area contributed by atoms with Crippen molar-refractivity contribution in [3.8, 4) is 5.75 Å². The van der Waals surface area contributed by atoms with Crippen LogP contribution in [-0.4, -0.2) is 7.11 Å². The Labute approximate surface area is 113 Å². The highest BCUT2D eigenvalue weighted by Gasteiger charge is 2.17. The molecule has 0 aliphatic heterocycles. The van der Waals surface area contributed by atoms with Crippen LogP contribution in [0.4, 0.5) is 0 Å². The van der Waals surface area contributed by atoms with Gasteiger partial charge >= 0.3 is 5.63 Å². The molecule has 0 bridgehead atoms. The molecule has 0 N–H and O–H groups in total. The van der Waals surface area contributed by atoms with Gasteiger partial charge in [0.25, 0.3) is 0 Å². The van der Waals surface area contributed by atoms with Gasteiger partial charge < -0.3 is 9.15 Å². The van der Waals surface area contributed by atoms with Crippen LogP contribution in [0.15, 0.2) is 27.4 Å². The van der Waals surface area contributed by atoms with Crippen LogP contribution in [0, 0.1) is 0 Å². The maximum Gasteiger partial charge on any atom is 0.339 e. The fourth-order valence-electron chi connectivity index (χ4n) is 2.55. The summed E-state index contributed by atoms with van der Waals surface area (Å²) in [6, 6.07) is 5.68. The molecule has 1 aliphatic rings. The molecule has 19 heavy (non-hydrogen) atoms. The molecule has 1 aromatic carbocycles. The maximum absolute atomic E-state index is 11.9. The van der Waals surface area contributed by atoms with Crippen molar-refractivity contribution in [2.75, 3.05) is 7.11 Å². The Balaban J connectivity index is 0.000000637. The standard InChI is InChI=1S/C14H14O3.C2H6/c1-16-9-6-7-11-10-4-2-3-5-12(10)14(15)17-13(11)8-9;1-2/h6-8H,2-5H2,1H3;1-2H3. The minimum atomic E-state index is -0.180. The van der Waals surface area contributed by atoms with Gasteiger partial charge in [-0.15, -0.1) is 0 Å². The van der Waals surface area contributed by atoms with Gasteiger partial charge in [-0.05, 0) is 43.4 Å². The van der Waals surface area contributed by atoms with Crippen LogP contribution < -0.4 is 10.4 Å². The molecule has 102 valence electrons. The lowest BCUT2D eigenvalue weighted by Gasteiger charge is -2.16. The van der Waals surface area contributed by atoms with Crippen molar-refractivity contribution >= 4 is 11.0 Å². The van der Waals surface area contributed by atoms with E-state index in [9.17, 15) is 4.79 Å². The van der Waals surface area contributed by atoms with E-state index in [1.54, 1.807) is 13.2 Å². The average molecular weight is 260 g/mol. The van der Waals surface area contributed by atoms with E-state index < -0.39 is 0 Å². The Morgan fingerprint density at radius 1 is 1.11 bits per heavy atom. The van der Waals surface area contributed by atoms with Crippen molar-refractivity contribution in [2.24, 2.45) is 0 Å². The number of methoxy groups -OCH3 is 1. The topological polar surface area (TPSA) is 39.4 Å². The smallest absolute Gasteiger partial charge is 0.339 e. The summed E-state index contributed by atoms with van der Waals surface area (Å²) >= 11 is 0. The summed E-state index contributed by atoms with van der Waals surface area (Å²) in [4.78, 5) is 11.9. The van der Waals surface area contributed by atoms with E-state index in [0.29, 0.717) is 5.58 Å².